The van der Waals surface area contributed by atoms with Crippen LogP contribution in [0.25, 0.3) is 11.2 Å². The smallest absolute Gasteiger partial charge is 0.410 e. The minimum absolute atomic E-state index is 0.0234. The Labute approximate surface area is 204 Å². The van der Waals surface area contributed by atoms with E-state index >= 15 is 0 Å². The predicted molar refractivity (Wildman–Crippen MR) is 135 cm³/mol. The summed E-state index contributed by atoms with van der Waals surface area (Å²) in [5.41, 5.74) is 1.49. The number of nitrogens with one attached hydrogen (secondary N) is 2. The van der Waals surface area contributed by atoms with Gasteiger partial charge in [0.15, 0.2) is 5.65 Å². The van der Waals surface area contributed by atoms with Gasteiger partial charge in [-0.3, -0.25) is 4.57 Å². The molecule has 0 saturated carbocycles. The van der Waals surface area contributed by atoms with Crippen LogP contribution in [0, 0.1) is 0 Å². The highest BCUT2D eigenvalue weighted by Gasteiger charge is 2.33. The van der Waals surface area contributed by atoms with Gasteiger partial charge in [0.1, 0.15) is 11.1 Å². The Bertz CT molecular complexity index is 1180. The molecule has 182 valence electrons. The molecule has 2 N–H and O–H groups in total. The van der Waals surface area contributed by atoms with Crippen molar-refractivity contribution in [2.24, 2.45) is 0 Å². The molecule has 4 rings (SSSR count). The number of imidazole rings is 1. The number of hydrogen-bond donors (Lipinski definition) is 2. The van der Waals surface area contributed by atoms with Gasteiger partial charge in [-0.1, -0.05) is 11.6 Å². The van der Waals surface area contributed by atoms with Gasteiger partial charge in [0.05, 0.1) is 12.2 Å². The van der Waals surface area contributed by atoms with Gasteiger partial charge in [-0.2, -0.15) is 4.98 Å². The quantitative estimate of drug-likeness (QED) is 0.495. The minimum Gasteiger partial charge on any atom is -0.444 e. The summed E-state index contributed by atoms with van der Waals surface area (Å²) >= 11 is 6.05. The van der Waals surface area contributed by atoms with Crippen molar-refractivity contribution < 1.29 is 9.53 Å². The SMILES string of the molecule is CC(C)(C)Nc1ncc2nc(Nc3ccc(Cl)cc3)n(C3CCN(C(=O)OC(C)(C)C)C3)c2n1. The van der Waals surface area contributed by atoms with Gasteiger partial charge in [-0.25, -0.2) is 14.8 Å². The molecular formula is C24H32ClN7O2. The number of halogens is 1. The van der Waals surface area contributed by atoms with Gasteiger partial charge in [0, 0.05) is 29.3 Å². The molecule has 0 spiro atoms. The van der Waals surface area contributed by atoms with E-state index in [4.69, 9.17) is 26.3 Å². The van der Waals surface area contributed by atoms with Crippen molar-refractivity contribution in [3.8, 4) is 0 Å². The Hall–Kier alpha value is -3.07. The van der Waals surface area contributed by atoms with Crippen molar-refractivity contribution in [2.75, 3.05) is 23.7 Å². The van der Waals surface area contributed by atoms with Crippen molar-refractivity contribution in [2.45, 2.75) is 65.1 Å². The fourth-order valence-corrected chi connectivity index (χ4v) is 3.95. The Morgan fingerprint density at radius 2 is 1.82 bits per heavy atom. The number of fused-ring (bicyclic) bond motifs is 1. The van der Waals surface area contributed by atoms with Gasteiger partial charge < -0.3 is 20.3 Å². The van der Waals surface area contributed by atoms with Crippen LogP contribution in [0.1, 0.15) is 54.0 Å². The number of anilines is 3. The lowest BCUT2D eigenvalue weighted by atomic mass is 10.1. The molecule has 1 saturated heterocycles. The van der Waals surface area contributed by atoms with Crippen LogP contribution in [0.4, 0.5) is 22.4 Å². The standard InChI is InChI=1S/C24H32ClN7O2/c1-23(2,3)30-20-26-13-18-19(29-20)32(21(28-18)27-16-9-7-15(25)8-10-16)17-11-12-31(14-17)22(33)34-24(4,5)6/h7-10,13,17H,11-12,14H2,1-6H3,(H,27,28)(H,26,29,30). The molecule has 10 heteroatoms. The molecule has 1 aliphatic heterocycles. The van der Waals surface area contributed by atoms with Gasteiger partial charge in [-0.15, -0.1) is 0 Å². The van der Waals surface area contributed by atoms with E-state index in [1.165, 1.54) is 0 Å². The Kier molecular flexibility index (Phi) is 6.33. The van der Waals surface area contributed by atoms with Crippen LogP contribution in [0.5, 0.6) is 0 Å². The number of rotatable bonds is 4. The summed E-state index contributed by atoms with van der Waals surface area (Å²) < 4.78 is 7.64. The molecule has 1 aromatic carbocycles. The predicted octanol–water partition coefficient (Wildman–Crippen LogP) is 5.62. The maximum atomic E-state index is 12.7. The third kappa shape index (κ3) is 5.70. The Morgan fingerprint density at radius 1 is 1.12 bits per heavy atom. The molecule has 0 bridgehead atoms. The topological polar surface area (TPSA) is 97.2 Å². The number of likely N-dealkylation sites (tertiary alicyclic amines) is 1. The van der Waals surface area contributed by atoms with E-state index in [1.807, 2.05) is 45.0 Å². The van der Waals surface area contributed by atoms with E-state index in [2.05, 4.69) is 41.0 Å². The highest BCUT2D eigenvalue weighted by atomic mass is 35.5. The van der Waals surface area contributed by atoms with Crippen LogP contribution in [-0.4, -0.2) is 54.7 Å². The molecule has 9 nitrogen and oxygen atoms in total. The van der Waals surface area contributed by atoms with Crippen LogP contribution < -0.4 is 10.6 Å². The normalized spacial score (nSPS) is 16.7. The first kappa shape index (κ1) is 24.1. The lowest BCUT2D eigenvalue weighted by molar-refractivity contribution is 0.0289. The largest absolute Gasteiger partial charge is 0.444 e. The summed E-state index contributed by atoms with van der Waals surface area (Å²) in [7, 11) is 0. The molecular weight excluding hydrogens is 454 g/mol. The van der Waals surface area contributed by atoms with Crippen molar-refractivity contribution in [3.63, 3.8) is 0 Å². The number of carbonyl (C=O) groups is 1. The summed E-state index contributed by atoms with van der Waals surface area (Å²) in [6.45, 7) is 12.9. The third-order valence-corrected chi connectivity index (χ3v) is 5.45. The van der Waals surface area contributed by atoms with Gasteiger partial charge in [-0.05, 0) is 72.2 Å². The zero-order chi connectivity index (χ0) is 24.7. The van der Waals surface area contributed by atoms with Gasteiger partial charge in [0.2, 0.25) is 11.9 Å². The molecule has 3 heterocycles. The first-order valence-electron chi connectivity index (χ1n) is 11.4. The third-order valence-electron chi connectivity index (χ3n) is 5.20. The number of ether oxygens (including phenoxy) is 1. The van der Waals surface area contributed by atoms with Crippen molar-refractivity contribution in [3.05, 3.63) is 35.5 Å². The Morgan fingerprint density at radius 3 is 2.47 bits per heavy atom. The lowest BCUT2D eigenvalue weighted by Crippen LogP contribution is -2.35. The van der Waals surface area contributed by atoms with Gasteiger partial charge >= 0.3 is 6.09 Å². The first-order chi connectivity index (χ1) is 15.9. The number of nitrogens with zero attached hydrogens (tertiary/aromatic N) is 5. The number of benzene rings is 1. The second kappa shape index (κ2) is 8.94. The van der Waals surface area contributed by atoms with Crippen LogP contribution in [-0.2, 0) is 4.74 Å². The van der Waals surface area contributed by atoms with E-state index in [-0.39, 0.29) is 17.7 Å². The molecule has 34 heavy (non-hydrogen) atoms. The molecule has 1 unspecified atom stereocenters. The van der Waals surface area contributed by atoms with E-state index < -0.39 is 5.60 Å². The summed E-state index contributed by atoms with van der Waals surface area (Å²) in [4.78, 5) is 28.4. The highest BCUT2D eigenvalue weighted by Crippen LogP contribution is 2.32. The first-order valence-corrected chi connectivity index (χ1v) is 11.8. The average molecular weight is 486 g/mol. The molecule has 1 atom stereocenters. The molecule has 2 aromatic heterocycles. The number of amides is 1. The zero-order valence-corrected chi connectivity index (χ0v) is 21.3. The second-order valence-electron chi connectivity index (χ2n) is 10.6. The van der Waals surface area contributed by atoms with Crippen LogP contribution in [0.2, 0.25) is 5.02 Å². The summed E-state index contributed by atoms with van der Waals surface area (Å²) in [6, 6.07) is 7.41. The highest BCUT2D eigenvalue weighted by molar-refractivity contribution is 6.30. The van der Waals surface area contributed by atoms with Crippen molar-refractivity contribution in [1.82, 2.24) is 24.4 Å². The van der Waals surface area contributed by atoms with E-state index in [1.54, 1.807) is 11.1 Å². The maximum absolute atomic E-state index is 12.7. The molecule has 1 fully saturated rings. The summed E-state index contributed by atoms with van der Waals surface area (Å²) in [5, 5.41) is 7.37. The van der Waals surface area contributed by atoms with E-state index in [0.717, 1.165) is 12.1 Å². The summed E-state index contributed by atoms with van der Waals surface area (Å²) in [6.07, 6.45) is 2.17. The lowest BCUT2D eigenvalue weighted by Gasteiger charge is -2.24. The fraction of sp³-hybridized carbons (Fsp3) is 0.500. The van der Waals surface area contributed by atoms with Gasteiger partial charge in [0.25, 0.3) is 0 Å². The van der Waals surface area contributed by atoms with E-state index in [9.17, 15) is 4.79 Å². The average Bonchev–Trinajstić information content (AvgIpc) is 3.31. The minimum atomic E-state index is -0.543. The van der Waals surface area contributed by atoms with Crippen molar-refractivity contribution in [1.29, 1.82) is 0 Å². The summed E-state index contributed by atoms with van der Waals surface area (Å²) in [5.74, 6) is 1.16. The molecule has 1 amide bonds. The maximum Gasteiger partial charge on any atom is 0.410 e. The number of carbonyl (C=O) groups excluding carboxylic acids is 1. The molecule has 0 radical (unpaired) electrons. The Balaban J connectivity index is 1.70. The van der Waals surface area contributed by atoms with Crippen LogP contribution in [0.3, 0.4) is 0 Å². The molecule has 0 aliphatic carbocycles. The molecule has 3 aromatic rings. The van der Waals surface area contributed by atoms with Crippen LogP contribution >= 0.6 is 11.6 Å². The zero-order valence-electron chi connectivity index (χ0n) is 20.5. The second-order valence-corrected chi connectivity index (χ2v) is 11.0. The monoisotopic (exact) mass is 485 g/mol. The number of hydrogen-bond acceptors (Lipinski definition) is 7. The fourth-order valence-electron chi connectivity index (χ4n) is 3.83. The van der Waals surface area contributed by atoms with E-state index in [0.29, 0.717) is 41.2 Å². The van der Waals surface area contributed by atoms with Crippen LogP contribution in [0.15, 0.2) is 30.5 Å². The molecule has 1 aliphatic rings. The number of aromatic nitrogens is 4. The van der Waals surface area contributed by atoms with Crippen molar-refractivity contribution >= 4 is 46.4 Å².